The van der Waals surface area contributed by atoms with Gasteiger partial charge in [-0.1, -0.05) is 13.0 Å². The lowest BCUT2D eigenvalue weighted by Crippen LogP contribution is -2.34. The third-order valence-electron chi connectivity index (χ3n) is 5.10. The molecule has 1 saturated carbocycles. The lowest BCUT2D eigenvalue weighted by atomic mass is 9.90. The molecule has 3 unspecified atom stereocenters. The van der Waals surface area contributed by atoms with Gasteiger partial charge in [0.05, 0.1) is 5.41 Å². The summed E-state index contributed by atoms with van der Waals surface area (Å²) in [6.07, 6.45) is 1.36. The van der Waals surface area contributed by atoms with Crippen LogP contribution < -0.4 is 5.32 Å². The minimum absolute atomic E-state index is 0.00766. The van der Waals surface area contributed by atoms with Gasteiger partial charge in [0.2, 0.25) is 5.91 Å². The second kappa shape index (κ2) is 5.92. The van der Waals surface area contributed by atoms with Crippen molar-refractivity contribution < 1.29 is 19.5 Å². The van der Waals surface area contributed by atoms with E-state index in [0.717, 1.165) is 6.42 Å². The molecule has 1 saturated heterocycles. The number of nitrogens with zero attached hydrogens (tertiary/aromatic N) is 1. The summed E-state index contributed by atoms with van der Waals surface area (Å²) in [5.74, 6) is -0.590. The number of carboxylic acid groups (broad SMARTS) is 1. The van der Waals surface area contributed by atoms with E-state index in [4.69, 9.17) is 0 Å². The number of hydrogen-bond acceptors (Lipinski definition) is 3. The summed E-state index contributed by atoms with van der Waals surface area (Å²) in [5, 5.41) is 12.1. The molecule has 128 valence electrons. The average Bonchev–Trinajstić information content (AvgIpc) is 3.14. The van der Waals surface area contributed by atoms with Crippen LogP contribution in [0, 0.1) is 17.3 Å². The van der Waals surface area contributed by atoms with E-state index in [9.17, 15) is 19.5 Å². The number of amides is 2. The van der Waals surface area contributed by atoms with Crippen LogP contribution in [0.5, 0.6) is 0 Å². The highest BCUT2D eigenvalue weighted by atomic mass is 16.4. The molecular weight excluding hydrogens is 308 g/mol. The molecule has 0 radical (unpaired) electrons. The maximum absolute atomic E-state index is 12.6. The maximum atomic E-state index is 12.6. The SMILES string of the molecule is CC1CC1C(=O)Nc1cccc(C(=O)N2CCC(C)(C(=O)O)C2)c1. The summed E-state index contributed by atoms with van der Waals surface area (Å²) in [6, 6.07) is 6.83. The van der Waals surface area contributed by atoms with Crippen molar-refractivity contribution >= 4 is 23.5 Å². The number of carbonyl (C=O) groups is 3. The van der Waals surface area contributed by atoms with Crippen molar-refractivity contribution in [3.63, 3.8) is 0 Å². The maximum Gasteiger partial charge on any atom is 0.311 e. The van der Waals surface area contributed by atoms with E-state index in [2.05, 4.69) is 5.32 Å². The van der Waals surface area contributed by atoms with Gasteiger partial charge in [-0.05, 0) is 43.9 Å². The smallest absolute Gasteiger partial charge is 0.311 e. The number of likely N-dealkylation sites (tertiary alicyclic amines) is 1. The van der Waals surface area contributed by atoms with Gasteiger partial charge >= 0.3 is 5.97 Å². The number of rotatable bonds is 4. The first-order valence-corrected chi connectivity index (χ1v) is 8.24. The highest BCUT2D eigenvalue weighted by Gasteiger charge is 2.42. The molecule has 1 heterocycles. The van der Waals surface area contributed by atoms with Crippen LogP contribution in [0.25, 0.3) is 0 Å². The van der Waals surface area contributed by atoms with Gasteiger partial charge in [-0.15, -0.1) is 0 Å². The fourth-order valence-electron chi connectivity index (χ4n) is 3.14. The number of carboxylic acids is 1. The van der Waals surface area contributed by atoms with E-state index in [-0.39, 0.29) is 24.3 Å². The van der Waals surface area contributed by atoms with Crippen molar-refractivity contribution in [1.82, 2.24) is 4.90 Å². The Labute approximate surface area is 140 Å². The monoisotopic (exact) mass is 330 g/mol. The van der Waals surface area contributed by atoms with E-state index < -0.39 is 11.4 Å². The third kappa shape index (κ3) is 3.13. The van der Waals surface area contributed by atoms with Crippen molar-refractivity contribution in [2.45, 2.75) is 26.7 Å². The zero-order valence-corrected chi connectivity index (χ0v) is 13.9. The van der Waals surface area contributed by atoms with Crippen LogP contribution in [0.15, 0.2) is 24.3 Å². The summed E-state index contributed by atoms with van der Waals surface area (Å²) in [7, 11) is 0. The highest BCUT2D eigenvalue weighted by Crippen LogP contribution is 2.38. The van der Waals surface area contributed by atoms with Gasteiger partial charge in [0.15, 0.2) is 0 Å². The molecule has 0 spiro atoms. The van der Waals surface area contributed by atoms with Gasteiger partial charge < -0.3 is 15.3 Å². The zero-order chi connectivity index (χ0) is 17.5. The second-order valence-electron chi connectivity index (χ2n) is 7.23. The molecule has 2 amide bonds. The summed E-state index contributed by atoms with van der Waals surface area (Å²) in [6.45, 7) is 4.34. The molecule has 6 nitrogen and oxygen atoms in total. The van der Waals surface area contributed by atoms with Crippen LogP contribution in [-0.4, -0.2) is 40.9 Å². The van der Waals surface area contributed by atoms with Crippen molar-refractivity contribution in [2.24, 2.45) is 17.3 Å². The van der Waals surface area contributed by atoms with E-state index in [0.29, 0.717) is 30.1 Å². The number of hydrogen-bond donors (Lipinski definition) is 2. The molecule has 1 aliphatic heterocycles. The molecule has 2 aliphatic rings. The lowest BCUT2D eigenvalue weighted by Gasteiger charge is -2.20. The standard InChI is InChI=1S/C18H22N2O4/c1-11-8-14(11)15(21)19-13-5-3-4-12(9-13)16(22)20-7-6-18(2,10-20)17(23)24/h3-5,9,11,14H,6-8,10H2,1-2H3,(H,19,21)(H,23,24). The molecule has 6 heteroatoms. The Morgan fingerprint density at radius 2 is 2.04 bits per heavy atom. The minimum Gasteiger partial charge on any atom is -0.481 e. The third-order valence-corrected chi connectivity index (χ3v) is 5.10. The van der Waals surface area contributed by atoms with E-state index >= 15 is 0 Å². The van der Waals surface area contributed by atoms with Gasteiger partial charge in [0.1, 0.15) is 0 Å². The number of anilines is 1. The second-order valence-corrected chi connectivity index (χ2v) is 7.23. The minimum atomic E-state index is -0.885. The topological polar surface area (TPSA) is 86.7 Å². The summed E-state index contributed by atoms with van der Waals surface area (Å²) >= 11 is 0. The van der Waals surface area contributed by atoms with Crippen molar-refractivity contribution in [3.8, 4) is 0 Å². The first-order chi connectivity index (χ1) is 11.3. The number of carbonyl (C=O) groups excluding carboxylic acids is 2. The first kappa shape index (κ1) is 16.5. The van der Waals surface area contributed by atoms with E-state index in [1.807, 2.05) is 6.92 Å². The predicted octanol–water partition coefficient (Wildman–Crippen LogP) is 2.22. The summed E-state index contributed by atoms with van der Waals surface area (Å²) in [5.41, 5.74) is 0.181. The van der Waals surface area contributed by atoms with Crippen LogP contribution >= 0.6 is 0 Å². The van der Waals surface area contributed by atoms with Crippen molar-refractivity contribution in [2.75, 3.05) is 18.4 Å². The number of nitrogens with one attached hydrogen (secondary N) is 1. The molecule has 0 aromatic heterocycles. The highest BCUT2D eigenvalue weighted by molar-refractivity contribution is 5.98. The van der Waals surface area contributed by atoms with Crippen molar-refractivity contribution in [3.05, 3.63) is 29.8 Å². The van der Waals surface area contributed by atoms with E-state index in [1.165, 1.54) is 0 Å². The fraction of sp³-hybridized carbons (Fsp3) is 0.500. The molecule has 1 aliphatic carbocycles. The normalized spacial score (nSPS) is 28.5. The molecule has 2 N–H and O–H groups in total. The molecule has 3 atom stereocenters. The molecular formula is C18H22N2O4. The Morgan fingerprint density at radius 1 is 1.33 bits per heavy atom. The summed E-state index contributed by atoms with van der Waals surface area (Å²) < 4.78 is 0. The predicted molar refractivity (Wildman–Crippen MR) is 88.6 cm³/mol. The quantitative estimate of drug-likeness (QED) is 0.886. The Balaban J connectivity index is 1.69. The van der Waals surface area contributed by atoms with Gasteiger partial charge in [-0.3, -0.25) is 14.4 Å². The Morgan fingerprint density at radius 3 is 2.62 bits per heavy atom. The van der Waals surface area contributed by atoms with Gasteiger partial charge in [0, 0.05) is 30.3 Å². The van der Waals surface area contributed by atoms with Gasteiger partial charge in [0.25, 0.3) is 5.91 Å². The first-order valence-electron chi connectivity index (χ1n) is 8.24. The van der Waals surface area contributed by atoms with Gasteiger partial charge in [-0.25, -0.2) is 0 Å². The number of aliphatic carboxylic acids is 1. The van der Waals surface area contributed by atoms with Crippen LogP contribution in [0.1, 0.15) is 37.0 Å². The fourth-order valence-corrected chi connectivity index (χ4v) is 3.14. The Hall–Kier alpha value is -2.37. The molecule has 2 fully saturated rings. The molecule has 3 rings (SSSR count). The average molecular weight is 330 g/mol. The zero-order valence-electron chi connectivity index (χ0n) is 13.9. The molecule has 1 aromatic carbocycles. The van der Waals surface area contributed by atoms with Gasteiger partial charge in [-0.2, -0.15) is 0 Å². The Kier molecular flexibility index (Phi) is 4.07. The molecule has 1 aromatic rings. The molecule has 0 bridgehead atoms. The summed E-state index contributed by atoms with van der Waals surface area (Å²) in [4.78, 5) is 37.5. The van der Waals surface area contributed by atoms with Crippen LogP contribution in [0.4, 0.5) is 5.69 Å². The van der Waals surface area contributed by atoms with E-state index in [1.54, 1.807) is 36.1 Å². The van der Waals surface area contributed by atoms with Crippen LogP contribution in [-0.2, 0) is 9.59 Å². The largest absolute Gasteiger partial charge is 0.481 e. The van der Waals surface area contributed by atoms with Crippen LogP contribution in [0.3, 0.4) is 0 Å². The molecule has 24 heavy (non-hydrogen) atoms. The lowest BCUT2D eigenvalue weighted by molar-refractivity contribution is -0.147. The van der Waals surface area contributed by atoms with Crippen LogP contribution in [0.2, 0.25) is 0 Å². The Bertz CT molecular complexity index is 702. The number of benzene rings is 1. The van der Waals surface area contributed by atoms with Crippen molar-refractivity contribution in [1.29, 1.82) is 0 Å².